The second kappa shape index (κ2) is 9.08. The Bertz CT molecular complexity index is 653. The lowest BCUT2D eigenvalue weighted by atomic mass is 10.1. The molecule has 2 N–H and O–H groups in total. The Balaban J connectivity index is 1.88. The number of rotatable bonds is 7. The van der Waals surface area contributed by atoms with Gasteiger partial charge < -0.3 is 15.4 Å². The first-order valence-corrected chi connectivity index (χ1v) is 8.33. The van der Waals surface area contributed by atoms with E-state index in [-0.39, 0.29) is 12.1 Å². The van der Waals surface area contributed by atoms with Crippen molar-refractivity contribution in [2.24, 2.45) is 0 Å². The van der Waals surface area contributed by atoms with Gasteiger partial charge in [-0.2, -0.15) is 0 Å². The standard InChI is InChI=1S/C20H26N2O2/c1-4-16-9-11-17(12-10-16)15(2)22-20(23)21-13-18-7-5-6-8-19(18)14-24-3/h5-12,15H,4,13-14H2,1-3H3,(H2,21,22,23). The Hall–Kier alpha value is -2.33. The van der Waals surface area contributed by atoms with Crippen LogP contribution in [0, 0.1) is 0 Å². The van der Waals surface area contributed by atoms with Crippen molar-refractivity contribution in [1.82, 2.24) is 10.6 Å². The third-order valence-electron chi connectivity index (χ3n) is 4.09. The molecule has 4 nitrogen and oxygen atoms in total. The summed E-state index contributed by atoms with van der Waals surface area (Å²) < 4.78 is 5.19. The second-order valence-electron chi connectivity index (χ2n) is 5.85. The molecule has 4 heteroatoms. The maximum absolute atomic E-state index is 12.1. The number of aryl methyl sites for hydroxylation is 1. The molecule has 0 fully saturated rings. The molecule has 128 valence electrons. The number of urea groups is 1. The summed E-state index contributed by atoms with van der Waals surface area (Å²) in [6.07, 6.45) is 1.02. The van der Waals surface area contributed by atoms with Crippen LogP contribution < -0.4 is 10.6 Å². The molecule has 0 aliphatic rings. The van der Waals surface area contributed by atoms with Gasteiger partial charge in [-0.25, -0.2) is 4.79 Å². The largest absolute Gasteiger partial charge is 0.380 e. The third-order valence-corrected chi connectivity index (χ3v) is 4.09. The van der Waals surface area contributed by atoms with Crippen LogP contribution in [-0.2, 0) is 24.3 Å². The number of carbonyl (C=O) groups excluding carboxylic acids is 1. The average molecular weight is 326 g/mol. The van der Waals surface area contributed by atoms with Crippen molar-refractivity contribution in [3.05, 3.63) is 70.8 Å². The van der Waals surface area contributed by atoms with Gasteiger partial charge in [0.15, 0.2) is 0 Å². The first kappa shape index (κ1) is 18.0. The Morgan fingerprint density at radius 2 is 1.75 bits per heavy atom. The number of amides is 2. The summed E-state index contributed by atoms with van der Waals surface area (Å²) in [6.45, 7) is 5.14. The molecule has 2 aromatic rings. The van der Waals surface area contributed by atoms with E-state index in [4.69, 9.17) is 4.74 Å². The molecule has 0 aromatic heterocycles. The molecule has 0 bridgehead atoms. The maximum atomic E-state index is 12.1. The lowest BCUT2D eigenvalue weighted by Crippen LogP contribution is -2.36. The van der Waals surface area contributed by atoms with Gasteiger partial charge in [0.2, 0.25) is 0 Å². The van der Waals surface area contributed by atoms with Gasteiger partial charge in [-0.3, -0.25) is 0 Å². The third kappa shape index (κ3) is 5.10. The summed E-state index contributed by atoms with van der Waals surface area (Å²) in [4.78, 5) is 12.1. The highest BCUT2D eigenvalue weighted by Crippen LogP contribution is 2.14. The smallest absolute Gasteiger partial charge is 0.315 e. The van der Waals surface area contributed by atoms with E-state index >= 15 is 0 Å². The lowest BCUT2D eigenvalue weighted by molar-refractivity contribution is 0.184. The number of hydrogen-bond donors (Lipinski definition) is 2. The molecule has 0 aliphatic heterocycles. The number of hydrogen-bond acceptors (Lipinski definition) is 2. The predicted octanol–water partition coefficient (Wildman–Crippen LogP) is 3.96. The minimum atomic E-state index is -0.172. The Morgan fingerprint density at radius 3 is 2.38 bits per heavy atom. The molecular weight excluding hydrogens is 300 g/mol. The molecule has 1 atom stereocenters. The van der Waals surface area contributed by atoms with Crippen molar-refractivity contribution in [3.8, 4) is 0 Å². The average Bonchev–Trinajstić information content (AvgIpc) is 2.61. The molecule has 0 saturated carbocycles. The second-order valence-corrected chi connectivity index (χ2v) is 5.85. The summed E-state index contributed by atoms with van der Waals surface area (Å²) in [5.74, 6) is 0. The molecule has 2 rings (SSSR count). The molecule has 2 amide bonds. The summed E-state index contributed by atoms with van der Waals surface area (Å²) >= 11 is 0. The SMILES string of the molecule is CCc1ccc(C(C)NC(=O)NCc2ccccc2COC)cc1. The van der Waals surface area contributed by atoms with Crippen molar-refractivity contribution in [3.63, 3.8) is 0 Å². The molecule has 0 saturated heterocycles. The van der Waals surface area contributed by atoms with Gasteiger partial charge in [0, 0.05) is 13.7 Å². The van der Waals surface area contributed by atoms with Crippen LogP contribution in [0.2, 0.25) is 0 Å². The topological polar surface area (TPSA) is 50.4 Å². The molecule has 0 spiro atoms. The van der Waals surface area contributed by atoms with Crippen LogP contribution in [-0.4, -0.2) is 13.1 Å². The molecule has 2 aromatic carbocycles. The normalized spacial score (nSPS) is 11.8. The van der Waals surface area contributed by atoms with Gasteiger partial charge in [-0.05, 0) is 35.6 Å². The number of methoxy groups -OCH3 is 1. The minimum absolute atomic E-state index is 0.0369. The van der Waals surface area contributed by atoms with Crippen molar-refractivity contribution in [2.75, 3.05) is 7.11 Å². The van der Waals surface area contributed by atoms with Gasteiger partial charge in [0.05, 0.1) is 12.6 Å². The van der Waals surface area contributed by atoms with E-state index in [0.717, 1.165) is 23.1 Å². The Labute approximate surface area is 144 Å². The van der Waals surface area contributed by atoms with E-state index in [9.17, 15) is 4.79 Å². The zero-order valence-corrected chi connectivity index (χ0v) is 14.6. The minimum Gasteiger partial charge on any atom is -0.380 e. The Kier molecular flexibility index (Phi) is 6.82. The maximum Gasteiger partial charge on any atom is 0.315 e. The highest BCUT2D eigenvalue weighted by Gasteiger charge is 2.10. The molecule has 24 heavy (non-hydrogen) atoms. The van der Waals surface area contributed by atoms with Gasteiger partial charge in [0.1, 0.15) is 0 Å². The van der Waals surface area contributed by atoms with Crippen LogP contribution in [0.3, 0.4) is 0 Å². The van der Waals surface area contributed by atoms with Crippen molar-refractivity contribution < 1.29 is 9.53 Å². The molecule has 0 radical (unpaired) electrons. The number of nitrogens with one attached hydrogen (secondary N) is 2. The fraction of sp³-hybridized carbons (Fsp3) is 0.350. The zero-order chi connectivity index (χ0) is 17.4. The lowest BCUT2D eigenvalue weighted by Gasteiger charge is -2.16. The summed E-state index contributed by atoms with van der Waals surface area (Å²) in [7, 11) is 1.67. The van der Waals surface area contributed by atoms with Gasteiger partial charge in [-0.1, -0.05) is 55.5 Å². The van der Waals surface area contributed by atoms with Crippen molar-refractivity contribution >= 4 is 6.03 Å². The van der Waals surface area contributed by atoms with Crippen LogP contribution in [0.4, 0.5) is 4.79 Å². The monoisotopic (exact) mass is 326 g/mol. The number of ether oxygens (including phenoxy) is 1. The number of carbonyl (C=O) groups is 1. The molecule has 1 unspecified atom stereocenters. The Morgan fingerprint density at radius 1 is 1.08 bits per heavy atom. The van der Waals surface area contributed by atoms with Crippen LogP contribution in [0.15, 0.2) is 48.5 Å². The van der Waals surface area contributed by atoms with E-state index in [1.807, 2.05) is 31.2 Å². The van der Waals surface area contributed by atoms with Crippen LogP contribution in [0.25, 0.3) is 0 Å². The molecular formula is C20H26N2O2. The highest BCUT2D eigenvalue weighted by atomic mass is 16.5. The first-order valence-electron chi connectivity index (χ1n) is 8.33. The van der Waals surface area contributed by atoms with E-state index in [1.165, 1.54) is 5.56 Å². The fourth-order valence-electron chi connectivity index (χ4n) is 2.57. The van der Waals surface area contributed by atoms with Crippen molar-refractivity contribution in [1.29, 1.82) is 0 Å². The predicted molar refractivity (Wildman–Crippen MR) is 96.8 cm³/mol. The summed E-state index contributed by atoms with van der Waals surface area (Å²) in [5.41, 5.74) is 4.55. The van der Waals surface area contributed by atoms with Crippen LogP contribution >= 0.6 is 0 Å². The van der Waals surface area contributed by atoms with E-state index in [2.05, 4.69) is 41.8 Å². The quantitative estimate of drug-likeness (QED) is 0.809. The van der Waals surface area contributed by atoms with E-state index in [1.54, 1.807) is 7.11 Å². The van der Waals surface area contributed by atoms with Crippen LogP contribution in [0.1, 0.15) is 42.1 Å². The highest BCUT2D eigenvalue weighted by molar-refractivity contribution is 5.74. The number of benzene rings is 2. The molecule has 0 heterocycles. The molecule has 0 aliphatic carbocycles. The van der Waals surface area contributed by atoms with E-state index in [0.29, 0.717) is 13.2 Å². The summed E-state index contributed by atoms with van der Waals surface area (Å²) in [6, 6.07) is 16.1. The van der Waals surface area contributed by atoms with Gasteiger partial charge >= 0.3 is 6.03 Å². The zero-order valence-electron chi connectivity index (χ0n) is 14.6. The summed E-state index contributed by atoms with van der Waals surface area (Å²) in [5, 5.41) is 5.89. The van der Waals surface area contributed by atoms with Crippen LogP contribution in [0.5, 0.6) is 0 Å². The van der Waals surface area contributed by atoms with Crippen molar-refractivity contribution in [2.45, 2.75) is 39.5 Å². The van der Waals surface area contributed by atoms with E-state index < -0.39 is 0 Å². The van der Waals surface area contributed by atoms with Gasteiger partial charge in [0.25, 0.3) is 0 Å². The fourth-order valence-corrected chi connectivity index (χ4v) is 2.57. The first-order chi connectivity index (χ1) is 11.6. The van der Waals surface area contributed by atoms with Gasteiger partial charge in [-0.15, -0.1) is 0 Å².